The number of nitrogens with one attached hydrogen (secondary N) is 1. The van der Waals surface area contributed by atoms with Crippen molar-refractivity contribution in [3.05, 3.63) is 29.6 Å². The van der Waals surface area contributed by atoms with Crippen LogP contribution in [0.4, 0.5) is 10.1 Å². The van der Waals surface area contributed by atoms with Gasteiger partial charge in [-0.25, -0.2) is 9.18 Å². The molecule has 3 rings (SSSR count). The van der Waals surface area contributed by atoms with Crippen LogP contribution in [0.1, 0.15) is 31.2 Å². The molecule has 2 unspecified atom stereocenters. The molecule has 0 radical (unpaired) electrons. The number of carboxylic acid groups (broad SMARTS) is 1. The summed E-state index contributed by atoms with van der Waals surface area (Å²) in [6.45, 7) is 1.81. The van der Waals surface area contributed by atoms with Crippen molar-refractivity contribution in [2.24, 2.45) is 0 Å². The third-order valence-corrected chi connectivity index (χ3v) is 4.99. The largest absolute Gasteiger partial charge is 0.480 e. The van der Waals surface area contributed by atoms with E-state index in [1.165, 1.54) is 12.1 Å². The van der Waals surface area contributed by atoms with Crippen molar-refractivity contribution in [3.63, 3.8) is 0 Å². The molecule has 2 atom stereocenters. The maximum Gasteiger partial charge on any atom is 0.329 e. The molecule has 1 aromatic rings. The van der Waals surface area contributed by atoms with Crippen LogP contribution in [0.25, 0.3) is 0 Å². The topological polar surface area (TPSA) is 52.6 Å². The normalized spacial score (nSPS) is 32.1. The Morgan fingerprint density at radius 3 is 2.48 bits per heavy atom. The van der Waals surface area contributed by atoms with Crippen LogP contribution in [-0.4, -0.2) is 40.6 Å². The monoisotopic (exact) mass is 292 g/mol. The Hall–Kier alpha value is -1.62. The first kappa shape index (κ1) is 14.3. The van der Waals surface area contributed by atoms with E-state index in [0.29, 0.717) is 30.6 Å². The minimum Gasteiger partial charge on any atom is -0.480 e. The highest BCUT2D eigenvalue weighted by Gasteiger charge is 2.51. The first-order valence-corrected chi connectivity index (χ1v) is 7.40. The van der Waals surface area contributed by atoms with Gasteiger partial charge in [0.25, 0.3) is 0 Å². The summed E-state index contributed by atoms with van der Waals surface area (Å²) in [4.78, 5) is 14.2. The fraction of sp³-hybridized carbons (Fsp3) is 0.562. The number of nitrogens with zero attached hydrogens (tertiary/aromatic N) is 1. The average molecular weight is 292 g/mol. The van der Waals surface area contributed by atoms with E-state index in [1.54, 1.807) is 13.0 Å². The van der Waals surface area contributed by atoms with Gasteiger partial charge < -0.3 is 15.3 Å². The van der Waals surface area contributed by atoms with Crippen LogP contribution in [0.3, 0.4) is 0 Å². The zero-order chi connectivity index (χ0) is 15.2. The van der Waals surface area contributed by atoms with E-state index in [0.717, 1.165) is 18.4 Å². The second kappa shape index (κ2) is 4.98. The van der Waals surface area contributed by atoms with Gasteiger partial charge in [0.2, 0.25) is 0 Å². The Kier molecular flexibility index (Phi) is 3.40. The van der Waals surface area contributed by atoms with Gasteiger partial charge in [-0.15, -0.1) is 0 Å². The van der Waals surface area contributed by atoms with Crippen LogP contribution in [-0.2, 0) is 4.79 Å². The highest BCUT2D eigenvalue weighted by Crippen LogP contribution is 2.41. The summed E-state index contributed by atoms with van der Waals surface area (Å²) in [7, 11) is 2.07. The van der Waals surface area contributed by atoms with Gasteiger partial charge in [-0.2, -0.15) is 0 Å². The zero-order valence-electron chi connectivity index (χ0n) is 12.4. The third-order valence-electron chi connectivity index (χ3n) is 4.99. The van der Waals surface area contributed by atoms with Gasteiger partial charge >= 0.3 is 5.97 Å². The van der Waals surface area contributed by atoms with E-state index in [9.17, 15) is 14.3 Å². The molecule has 2 fully saturated rings. The lowest BCUT2D eigenvalue weighted by molar-refractivity contribution is -0.145. The lowest BCUT2D eigenvalue weighted by atomic mass is 9.82. The predicted molar refractivity (Wildman–Crippen MR) is 78.9 cm³/mol. The summed E-state index contributed by atoms with van der Waals surface area (Å²) in [6.07, 6.45) is 3.20. The smallest absolute Gasteiger partial charge is 0.329 e. The van der Waals surface area contributed by atoms with E-state index in [2.05, 4.69) is 17.3 Å². The number of aryl methyl sites for hydroxylation is 1. The molecule has 2 heterocycles. The number of benzene rings is 1. The molecular weight excluding hydrogens is 271 g/mol. The molecule has 0 aromatic heterocycles. The van der Waals surface area contributed by atoms with E-state index in [4.69, 9.17) is 0 Å². The molecule has 4 nitrogen and oxygen atoms in total. The van der Waals surface area contributed by atoms with Crippen LogP contribution in [0.15, 0.2) is 18.2 Å². The Morgan fingerprint density at radius 2 is 1.95 bits per heavy atom. The molecular formula is C16H21FN2O2. The Bertz CT molecular complexity index is 541. The summed E-state index contributed by atoms with van der Waals surface area (Å²) in [5, 5.41) is 12.9. The van der Waals surface area contributed by atoms with Crippen molar-refractivity contribution >= 4 is 11.7 Å². The summed E-state index contributed by atoms with van der Waals surface area (Å²) >= 11 is 0. The maximum absolute atomic E-state index is 13.5. The molecule has 2 aliphatic rings. The summed E-state index contributed by atoms with van der Waals surface area (Å²) in [5.74, 6) is -1.18. The molecule has 5 heteroatoms. The van der Waals surface area contributed by atoms with Gasteiger partial charge in [-0.05, 0) is 63.4 Å². The molecule has 114 valence electrons. The summed E-state index contributed by atoms with van der Waals surface area (Å²) in [5.41, 5.74) is 0.353. The van der Waals surface area contributed by atoms with Gasteiger partial charge in [0.15, 0.2) is 0 Å². The summed E-state index contributed by atoms with van der Waals surface area (Å²) < 4.78 is 13.5. The van der Waals surface area contributed by atoms with Crippen molar-refractivity contribution in [1.82, 2.24) is 4.90 Å². The van der Waals surface area contributed by atoms with Gasteiger partial charge in [-0.1, -0.05) is 0 Å². The van der Waals surface area contributed by atoms with Crippen LogP contribution in [0, 0.1) is 12.7 Å². The fourth-order valence-corrected chi connectivity index (χ4v) is 3.89. The van der Waals surface area contributed by atoms with E-state index < -0.39 is 11.5 Å². The van der Waals surface area contributed by atoms with Crippen LogP contribution in [0.2, 0.25) is 0 Å². The first-order chi connectivity index (χ1) is 9.89. The second-order valence-electron chi connectivity index (χ2n) is 6.49. The molecule has 2 saturated heterocycles. The number of rotatable bonds is 3. The number of anilines is 1. The van der Waals surface area contributed by atoms with E-state index in [-0.39, 0.29) is 5.82 Å². The van der Waals surface area contributed by atoms with Crippen LogP contribution >= 0.6 is 0 Å². The van der Waals surface area contributed by atoms with Gasteiger partial charge in [0.1, 0.15) is 11.4 Å². The second-order valence-corrected chi connectivity index (χ2v) is 6.49. The number of fused-ring (bicyclic) bond motifs is 2. The predicted octanol–water partition coefficient (Wildman–Crippen LogP) is 2.63. The fourth-order valence-electron chi connectivity index (χ4n) is 3.89. The van der Waals surface area contributed by atoms with Crippen molar-refractivity contribution < 1.29 is 14.3 Å². The van der Waals surface area contributed by atoms with Crippen molar-refractivity contribution in [1.29, 1.82) is 0 Å². The van der Waals surface area contributed by atoms with Gasteiger partial charge in [-0.3, -0.25) is 0 Å². The molecule has 0 amide bonds. The quantitative estimate of drug-likeness (QED) is 0.899. The molecule has 2 N–H and O–H groups in total. The highest BCUT2D eigenvalue weighted by molar-refractivity contribution is 5.83. The van der Waals surface area contributed by atoms with E-state index >= 15 is 0 Å². The highest BCUT2D eigenvalue weighted by atomic mass is 19.1. The lowest BCUT2D eigenvalue weighted by Crippen LogP contribution is -2.57. The van der Waals surface area contributed by atoms with E-state index in [1.807, 2.05) is 0 Å². The molecule has 2 aliphatic heterocycles. The molecule has 0 spiro atoms. The van der Waals surface area contributed by atoms with Crippen molar-refractivity contribution in [3.8, 4) is 0 Å². The molecule has 0 saturated carbocycles. The van der Waals surface area contributed by atoms with Crippen LogP contribution in [0.5, 0.6) is 0 Å². The first-order valence-electron chi connectivity index (χ1n) is 7.40. The summed E-state index contributed by atoms with van der Waals surface area (Å²) in [6, 6.07) is 5.20. The minimum atomic E-state index is -0.988. The number of carboxylic acids is 1. The lowest BCUT2D eigenvalue weighted by Gasteiger charge is -2.43. The number of hydrogen-bond donors (Lipinski definition) is 2. The Balaban J connectivity index is 1.90. The van der Waals surface area contributed by atoms with Crippen molar-refractivity contribution in [2.45, 2.75) is 50.2 Å². The molecule has 2 bridgehead atoms. The van der Waals surface area contributed by atoms with Crippen LogP contribution < -0.4 is 5.32 Å². The number of hydrogen-bond acceptors (Lipinski definition) is 3. The number of halogens is 1. The minimum absolute atomic E-state index is 0.294. The number of carbonyl (C=O) groups is 1. The number of piperidine rings is 1. The Morgan fingerprint density at radius 1 is 1.33 bits per heavy atom. The number of aliphatic carboxylic acids is 1. The van der Waals surface area contributed by atoms with Gasteiger partial charge in [0, 0.05) is 17.8 Å². The molecule has 0 aliphatic carbocycles. The average Bonchev–Trinajstić information content (AvgIpc) is 2.60. The maximum atomic E-state index is 13.5. The standard InChI is InChI=1S/C16H21FN2O2/c1-10-5-11(17)7-12(6-10)18-16(15(20)21)8-13-3-4-14(9-16)19(13)2/h5-7,13-14,18H,3-4,8-9H2,1-2H3,(H,20,21). The third kappa shape index (κ3) is 2.50. The van der Waals surface area contributed by atoms with Crippen molar-refractivity contribution in [2.75, 3.05) is 12.4 Å². The SMILES string of the molecule is Cc1cc(F)cc(NC2(C(=O)O)CC3CCC(C2)N3C)c1. The van der Waals surface area contributed by atoms with Gasteiger partial charge in [0.05, 0.1) is 0 Å². The Labute approximate surface area is 124 Å². The molecule has 1 aromatic carbocycles. The molecule has 21 heavy (non-hydrogen) atoms. The zero-order valence-corrected chi connectivity index (χ0v) is 12.4.